The Kier molecular flexibility index (Phi) is 2.78. The first-order valence-corrected chi connectivity index (χ1v) is 7.31. The third-order valence-electron chi connectivity index (χ3n) is 4.97. The van der Waals surface area contributed by atoms with Gasteiger partial charge in [-0.2, -0.15) is 0 Å². The first-order valence-electron chi connectivity index (χ1n) is 7.31. The van der Waals surface area contributed by atoms with Gasteiger partial charge in [0.05, 0.1) is 25.7 Å². The maximum atomic E-state index is 11.9. The van der Waals surface area contributed by atoms with Crippen molar-refractivity contribution in [2.45, 2.75) is 36.6 Å². The minimum Gasteiger partial charge on any atom is -0.493 e. The third kappa shape index (κ3) is 1.67. The molecule has 4 rings (SSSR count). The molecule has 2 fully saturated rings. The van der Waals surface area contributed by atoms with Gasteiger partial charge in [-0.25, -0.2) is 0 Å². The van der Waals surface area contributed by atoms with E-state index in [-0.39, 0.29) is 6.10 Å². The molecule has 21 heavy (non-hydrogen) atoms. The number of benzene rings is 1. The summed E-state index contributed by atoms with van der Waals surface area (Å²) in [4.78, 5) is 11.9. The number of methoxy groups -OCH3 is 1. The maximum Gasteiger partial charge on any atom is 0.172 e. The van der Waals surface area contributed by atoms with Gasteiger partial charge in [0.25, 0.3) is 0 Å². The minimum atomic E-state index is -0.607. The fourth-order valence-corrected chi connectivity index (χ4v) is 3.84. The average Bonchev–Trinajstić information content (AvgIpc) is 3.09. The lowest BCUT2D eigenvalue weighted by molar-refractivity contribution is -0.200. The molecule has 2 heterocycles. The molecule has 1 saturated carbocycles. The van der Waals surface area contributed by atoms with E-state index in [9.17, 15) is 4.79 Å². The number of hydrogen-bond donors (Lipinski definition) is 0. The van der Waals surface area contributed by atoms with Crippen LogP contribution in [0.1, 0.15) is 24.8 Å². The Morgan fingerprint density at radius 3 is 2.81 bits per heavy atom. The molecule has 1 spiro atoms. The predicted molar refractivity (Wildman–Crippen MR) is 73.6 cm³/mol. The largest absolute Gasteiger partial charge is 0.493 e. The molecular formula is C16H18O5. The van der Waals surface area contributed by atoms with Crippen molar-refractivity contribution in [1.82, 2.24) is 0 Å². The van der Waals surface area contributed by atoms with Gasteiger partial charge in [-0.15, -0.1) is 0 Å². The van der Waals surface area contributed by atoms with Gasteiger partial charge in [0.2, 0.25) is 0 Å². The molecule has 3 aliphatic rings. The fraction of sp³-hybridized carbons (Fsp3) is 0.562. The topological polar surface area (TPSA) is 54.0 Å². The average molecular weight is 290 g/mol. The Hall–Kier alpha value is -1.59. The van der Waals surface area contributed by atoms with Crippen molar-refractivity contribution < 1.29 is 23.7 Å². The predicted octanol–water partition coefficient (Wildman–Crippen LogP) is 1.82. The molecular weight excluding hydrogens is 272 g/mol. The summed E-state index contributed by atoms with van der Waals surface area (Å²) in [7, 11) is 1.61. The monoisotopic (exact) mass is 290 g/mol. The van der Waals surface area contributed by atoms with Crippen LogP contribution in [0.15, 0.2) is 18.2 Å². The van der Waals surface area contributed by atoms with Crippen LogP contribution in [0.4, 0.5) is 0 Å². The maximum absolute atomic E-state index is 11.9. The Bertz CT molecular complexity index is 578. The Morgan fingerprint density at radius 1 is 1.29 bits per heavy atom. The van der Waals surface area contributed by atoms with E-state index in [1.54, 1.807) is 7.11 Å². The second-order valence-electron chi connectivity index (χ2n) is 5.91. The molecule has 1 aromatic rings. The molecule has 0 N–H and O–H groups in total. The summed E-state index contributed by atoms with van der Waals surface area (Å²) >= 11 is 0. The lowest BCUT2D eigenvalue weighted by Gasteiger charge is -2.41. The summed E-state index contributed by atoms with van der Waals surface area (Å²) < 4.78 is 23.0. The van der Waals surface area contributed by atoms with E-state index >= 15 is 0 Å². The molecule has 112 valence electrons. The highest BCUT2D eigenvalue weighted by molar-refractivity contribution is 5.76. The van der Waals surface area contributed by atoms with E-state index in [2.05, 4.69) is 0 Å². The molecule has 1 unspecified atom stereocenters. The quantitative estimate of drug-likeness (QED) is 0.778. The molecule has 1 aliphatic carbocycles. The minimum absolute atomic E-state index is 0.256. The highest BCUT2D eigenvalue weighted by Crippen LogP contribution is 2.55. The van der Waals surface area contributed by atoms with Crippen LogP contribution in [-0.4, -0.2) is 38.5 Å². The van der Waals surface area contributed by atoms with Crippen LogP contribution in [0.3, 0.4) is 0 Å². The van der Waals surface area contributed by atoms with Crippen LogP contribution < -0.4 is 9.47 Å². The molecule has 0 aromatic heterocycles. The summed E-state index contributed by atoms with van der Waals surface area (Å²) in [6, 6.07) is 5.72. The van der Waals surface area contributed by atoms with Gasteiger partial charge in [0.1, 0.15) is 12.4 Å². The number of fused-ring (bicyclic) bond motifs is 3. The number of rotatable bonds is 2. The van der Waals surface area contributed by atoms with E-state index in [0.717, 1.165) is 11.8 Å². The molecule has 0 bridgehead atoms. The summed E-state index contributed by atoms with van der Waals surface area (Å²) in [6.07, 6.45) is 2.73. The second-order valence-corrected chi connectivity index (χ2v) is 5.91. The van der Waals surface area contributed by atoms with Gasteiger partial charge in [-0.1, -0.05) is 12.1 Å². The van der Waals surface area contributed by atoms with Crippen molar-refractivity contribution in [2.75, 3.05) is 20.3 Å². The molecule has 0 amide bonds. The number of carbonyl (C=O) groups is 1. The number of hydrogen-bond acceptors (Lipinski definition) is 5. The second kappa shape index (κ2) is 4.45. The van der Waals surface area contributed by atoms with E-state index in [4.69, 9.17) is 18.9 Å². The van der Waals surface area contributed by atoms with Crippen LogP contribution in [0.5, 0.6) is 11.5 Å². The van der Waals surface area contributed by atoms with Crippen molar-refractivity contribution in [3.05, 3.63) is 23.8 Å². The molecule has 5 heteroatoms. The molecule has 2 aliphatic heterocycles. The standard InChI is InChI=1S/C16H18O5/c1-18-12-4-2-3-11-14(12)21-13-9-16(19-7-8-20-16)6-5-15(11,13)10-17/h2-4,10,13H,5-9H2,1H3/t13?,15-/m1/s1. The van der Waals surface area contributed by atoms with Crippen LogP contribution in [0.25, 0.3) is 0 Å². The number of ether oxygens (including phenoxy) is 4. The van der Waals surface area contributed by atoms with Gasteiger partial charge >= 0.3 is 0 Å². The van der Waals surface area contributed by atoms with Crippen molar-refractivity contribution in [3.8, 4) is 11.5 Å². The van der Waals surface area contributed by atoms with Gasteiger partial charge in [0, 0.05) is 18.4 Å². The van der Waals surface area contributed by atoms with Crippen LogP contribution >= 0.6 is 0 Å². The zero-order valence-corrected chi connectivity index (χ0v) is 12.0. The van der Waals surface area contributed by atoms with Gasteiger partial charge in [-0.3, -0.25) is 0 Å². The Morgan fingerprint density at radius 2 is 2.10 bits per heavy atom. The fourth-order valence-electron chi connectivity index (χ4n) is 3.84. The summed E-state index contributed by atoms with van der Waals surface area (Å²) in [5.41, 5.74) is 0.319. The lowest BCUT2D eigenvalue weighted by Crippen LogP contribution is -2.52. The molecule has 2 atom stereocenters. The smallest absolute Gasteiger partial charge is 0.172 e. The van der Waals surface area contributed by atoms with Crippen molar-refractivity contribution in [2.24, 2.45) is 0 Å². The normalized spacial score (nSPS) is 32.3. The van der Waals surface area contributed by atoms with Crippen LogP contribution in [0.2, 0.25) is 0 Å². The molecule has 1 saturated heterocycles. The summed E-state index contributed by atoms with van der Waals surface area (Å²) in [5.74, 6) is 0.782. The van der Waals surface area contributed by atoms with Gasteiger partial charge < -0.3 is 23.7 Å². The molecule has 1 aromatic carbocycles. The number of aldehydes is 1. The first kappa shape index (κ1) is 13.1. The van der Waals surface area contributed by atoms with E-state index in [0.29, 0.717) is 44.0 Å². The highest BCUT2D eigenvalue weighted by Gasteiger charge is 2.58. The SMILES string of the molecule is COc1cccc2c1OC1CC3(CC[C@@]21C=O)OCCO3. The zero-order valence-electron chi connectivity index (χ0n) is 12.0. The van der Waals surface area contributed by atoms with Crippen LogP contribution in [0, 0.1) is 0 Å². The van der Waals surface area contributed by atoms with Crippen LogP contribution in [-0.2, 0) is 19.7 Å². The Balaban J connectivity index is 1.76. The van der Waals surface area contributed by atoms with E-state index < -0.39 is 11.2 Å². The molecule has 5 nitrogen and oxygen atoms in total. The van der Waals surface area contributed by atoms with Gasteiger partial charge in [0.15, 0.2) is 17.3 Å². The highest BCUT2D eigenvalue weighted by atomic mass is 16.7. The lowest BCUT2D eigenvalue weighted by atomic mass is 9.68. The van der Waals surface area contributed by atoms with E-state index in [1.165, 1.54) is 0 Å². The van der Waals surface area contributed by atoms with Gasteiger partial charge in [-0.05, 0) is 12.5 Å². The Labute approximate surface area is 123 Å². The number of carbonyl (C=O) groups excluding carboxylic acids is 1. The first-order chi connectivity index (χ1) is 10.2. The summed E-state index contributed by atoms with van der Waals surface area (Å²) in [5, 5.41) is 0. The molecule has 0 radical (unpaired) electrons. The van der Waals surface area contributed by atoms with Crippen molar-refractivity contribution >= 4 is 6.29 Å². The van der Waals surface area contributed by atoms with Crippen molar-refractivity contribution in [3.63, 3.8) is 0 Å². The van der Waals surface area contributed by atoms with Crippen molar-refractivity contribution in [1.29, 1.82) is 0 Å². The zero-order chi connectivity index (χ0) is 14.5. The summed E-state index contributed by atoms with van der Waals surface area (Å²) in [6.45, 7) is 1.22. The third-order valence-corrected chi connectivity index (χ3v) is 4.97. The number of para-hydroxylation sites is 1. The van der Waals surface area contributed by atoms with E-state index in [1.807, 2.05) is 18.2 Å².